The quantitative estimate of drug-likeness (QED) is 0.151. The number of hydrogen-bond acceptors (Lipinski definition) is 10. The van der Waals surface area contributed by atoms with Gasteiger partial charge in [0.2, 0.25) is 11.6 Å². The average molecular weight is 675 g/mol. The van der Waals surface area contributed by atoms with E-state index in [0.29, 0.717) is 17.5 Å². The van der Waals surface area contributed by atoms with E-state index in [1.54, 1.807) is 6.92 Å². The van der Waals surface area contributed by atoms with Crippen LogP contribution in [-0.2, 0) is 20.3 Å². The van der Waals surface area contributed by atoms with Crippen LogP contribution < -0.4 is 25.3 Å². The molecular formula is C26H31ClF3N8O6P. The number of likely N-dealkylation sites (N-methyl/N-ethyl adjacent to an activating group) is 1. The Kier molecular flexibility index (Phi) is 9.82. The molecule has 14 nitrogen and oxygen atoms in total. The first-order valence-electron chi connectivity index (χ1n) is 13.4. The lowest BCUT2D eigenvalue weighted by Crippen LogP contribution is -2.56. The molecule has 0 radical (unpaired) electrons. The molecule has 2 aromatic heterocycles. The summed E-state index contributed by atoms with van der Waals surface area (Å²) in [5, 5.41) is 21.6. The number of amides is 1. The van der Waals surface area contributed by atoms with Gasteiger partial charge in [-0.3, -0.25) is 9.89 Å². The van der Waals surface area contributed by atoms with Gasteiger partial charge in [0, 0.05) is 32.7 Å². The number of ether oxygens (including phenoxy) is 1. The summed E-state index contributed by atoms with van der Waals surface area (Å²) in [4.78, 5) is 44.0. The van der Waals surface area contributed by atoms with Crippen molar-refractivity contribution < 1.29 is 42.2 Å². The predicted molar refractivity (Wildman–Crippen MR) is 157 cm³/mol. The highest BCUT2D eigenvalue weighted by atomic mass is 35.5. The van der Waals surface area contributed by atoms with E-state index in [0.717, 1.165) is 0 Å². The lowest BCUT2D eigenvalue weighted by molar-refractivity contribution is -0.199. The van der Waals surface area contributed by atoms with E-state index >= 15 is 0 Å². The molecule has 6 N–H and O–H groups in total. The molecule has 0 saturated heterocycles. The van der Waals surface area contributed by atoms with Crippen molar-refractivity contribution in [3.63, 3.8) is 0 Å². The van der Waals surface area contributed by atoms with Crippen molar-refractivity contribution in [2.75, 3.05) is 44.5 Å². The van der Waals surface area contributed by atoms with Gasteiger partial charge < -0.3 is 40.1 Å². The van der Waals surface area contributed by atoms with Gasteiger partial charge in [-0.25, -0.2) is 9.47 Å². The number of anilines is 2. The van der Waals surface area contributed by atoms with Crippen LogP contribution in [-0.4, -0.2) is 75.2 Å². The zero-order valence-corrected chi connectivity index (χ0v) is 25.9. The maximum absolute atomic E-state index is 14.3. The molecule has 0 spiro atoms. The van der Waals surface area contributed by atoms with Gasteiger partial charge in [-0.1, -0.05) is 23.3 Å². The molecule has 1 amide bonds. The molecule has 45 heavy (non-hydrogen) atoms. The lowest BCUT2D eigenvalue weighted by atomic mass is 10.0. The molecule has 0 bridgehead atoms. The van der Waals surface area contributed by atoms with Crippen LogP contribution in [0.1, 0.15) is 25.3 Å². The summed E-state index contributed by atoms with van der Waals surface area (Å²) < 4.78 is 60.4. The second-order valence-corrected chi connectivity index (χ2v) is 12.6. The number of carbonyl (C=O) groups excluding carboxylic acids is 1. The van der Waals surface area contributed by atoms with E-state index in [1.165, 1.54) is 44.8 Å². The molecule has 19 heteroatoms. The summed E-state index contributed by atoms with van der Waals surface area (Å²) in [7, 11) is -2.85. The molecular weight excluding hydrogens is 644 g/mol. The van der Waals surface area contributed by atoms with Crippen molar-refractivity contribution in [3.05, 3.63) is 70.1 Å². The number of rotatable bonds is 11. The first kappa shape index (κ1) is 34.1. The Hall–Kier alpha value is -3.73. The smallest absolute Gasteiger partial charge is 0.421 e. The zero-order valence-electron chi connectivity index (χ0n) is 24.3. The average Bonchev–Trinajstić information content (AvgIpc) is 3.51. The fourth-order valence-electron chi connectivity index (χ4n) is 5.24. The number of aromatic amines is 1. The molecule has 244 valence electrons. The van der Waals surface area contributed by atoms with Crippen LogP contribution >= 0.6 is 19.2 Å². The second-order valence-electron chi connectivity index (χ2n) is 10.3. The molecule has 3 heterocycles. The molecule has 1 aliphatic heterocycles. The number of H-pyrrole nitrogens is 1. The van der Waals surface area contributed by atoms with Crippen molar-refractivity contribution in [2.45, 2.75) is 31.2 Å². The third-order valence-electron chi connectivity index (χ3n) is 7.38. The number of halogens is 4. The van der Waals surface area contributed by atoms with Crippen LogP contribution in [0.15, 0.2) is 64.6 Å². The Morgan fingerprint density at radius 3 is 2.64 bits per heavy atom. The van der Waals surface area contributed by atoms with Crippen molar-refractivity contribution in [3.8, 4) is 0 Å². The van der Waals surface area contributed by atoms with Crippen molar-refractivity contribution >= 4 is 42.6 Å². The lowest BCUT2D eigenvalue weighted by Gasteiger charge is -2.43. The maximum Gasteiger partial charge on any atom is 0.421 e. The highest BCUT2D eigenvalue weighted by molar-refractivity contribution is 7.52. The standard InChI is InChI=1S/C26H31ClF3N8O6P/c1-15-5-6-25(45(41,42)43,20(9-15)44-3)37-24-32-13-18(26(28,29)30)22(36-24)35-19-10-16(27)14-38(7-4-8-39,17-11-33-34-12-17)21(19)23(40)31-2/h5,9-13,39H,4,6-8,14H2,1-3H3,(H5-,31,32,33,34,35,36,37,40,41,42,43). The molecule has 0 fully saturated rings. The first-order valence-corrected chi connectivity index (χ1v) is 15.3. The van der Waals surface area contributed by atoms with E-state index in [2.05, 4.69) is 36.1 Å². The van der Waals surface area contributed by atoms with E-state index in [1.807, 2.05) is 0 Å². The van der Waals surface area contributed by atoms with E-state index < -0.39 is 42.3 Å². The normalized spacial score (nSPS) is 23.4. The van der Waals surface area contributed by atoms with Crippen molar-refractivity contribution in [2.24, 2.45) is 0 Å². The van der Waals surface area contributed by atoms with E-state index in [4.69, 9.17) is 16.3 Å². The van der Waals surface area contributed by atoms with Crippen LogP contribution in [0.4, 0.5) is 30.6 Å². The minimum absolute atomic E-state index is 0.00853. The number of carbonyl (C=O) groups is 1. The van der Waals surface area contributed by atoms with Gasteiger partial charge in [0.15, 0.2) is 18.6 Å². The third kappa shape index (κ3) is 6.64. The number of allylic oxidation sites excluding steroid dienone is 3. The number of alkyl halides is 3. The summed E-state index contributed by atoms with van der Waals surface area (Å²) in [6.07, 6.45) is 2.27. The van der Waals surface area contributed by atoms with Crippen LogP contribution in [0.25, 0.3) is 0 Å². The fraction of sp³-hybridized carbons (Fsp3) is 0.385. The highest BCUT2D eigenvalue weighted by Gasteiger charge is 2.48. The summed E-state index contributed by atoms with van der Waals surface area (Å²) in [6, 6.07) is 0. The highest BCUT2D eigenvalue weighted by Crippen LogP contribution is 2.55. The van der Waals surface area contributed by atoms with E-state index in [9.17, 15) is 37.4 Å². The summed E-state index contributed by atoms with van der Waals surface area (Å²) >= 11 is 6.53. The number of nitrogens with zero attached hydrogens (tertiary/aromatic N) is 4. The van der Waals surface area contributed by atoms with Crippen LogP contribution in [0.3, 0.4) is 0 Å². The Morgan fingerprint density at radius 1 is 1.33 bits per heavy atom. The fourth-order valence-corrected chi connectivity index (χ4v) is 6.56. The van der Waals surface area contributed by atoms with Gasteiger partial charge in [-0.2, -0.15) is 23.3 Å². The van der Waals surface area contributed by atoms with Crippen LogP contribution in [0.2, 0.25) is 0 Å². The number of aliphatic hydroxyl groups is 1. The number of aromatic nitrogens is 4. The van der Waals surface area contributed by atoms with E-state index in [-0.39, 0.29) is 59.2 Å². The van der Waals surface area contributed by atoms with Gasteiger partial charge in [-0.05, 0) is 19.1 Å². The van der Waals surface area contributed by atoms with Crippen molar-refractivity contribution in [1.82, 2.24) is 30.0 Å². The van der Waals surface area contributed by atoms with Gasteiger partial charge >= 0.3 is 12.1 Å². The number of nitrogens with one attached hydrogen (secondary N) is 4. The minimum atomic E-state index is -5.37. The number of quaternary nitrogens is 1. The van der Waals surface area contributed by atoms with Crippen molar-refractivity contribution in [1.29, 1.82) is 0 Å². The molecule has 0 aromatic carbocycles. The molecule has 0 saturated carbocycles. The summed E-state index contributed by atoms with van der Waals surface area (Å²) in [5.41, 5.74) is -0.534. The summed E-state index contributed by atoms with van der Waals surface area (Å²) in [5.74, 6) is -2.39. The van der Waals surface area contributed by atoms with Gasteiger partial charge in [-0.15, -0.1) is 0 Å². The number of hydrogen-bond donors (Lipinski definition) is 6. The van der Waals surface area contributed by atoms with Crippen LogP contribution in [0.5, 0.6) is 0 Å². The molecule has 4 rings (SSSR count). The molecule has 1 aliphatic carbocycles. The number of aliphatic hydroxyl groups excluding tert-OH is 1. The monoisotopic (exact) mass is 674 g/mol. The van der Waals surface area contributed by atoms with Crippen LogP contribution in [0, 0.1) is 0 Å². The Balaban J connectivity index is 1.92. The molecule has 2 aliphatic rings. The second kappa shape index (κ2) is 12.9. The topological polar surface area (TPSA) is 197 Å². The largest absolute Gasteiger partial charge is 0.777 e. The van der Waals surface area contributed by atoms with Gasteiger partial charge in [0.25, 0.3) is 0 Å². The van der Waals surface area contributed by atoms with Gasteiger partial charge in [0.05, 0.1) is 24.9 Å². The number of methoxy groups -OCH3 is 1. The molecule has 2 aromatic rings. The Labute approximate surface area is 260 Å². The summed E-state index contributed by atoms with van der Waals surface area (Å²) in [6.45, 7) is 1.52. The van der Waals surface area contributed by atoms with Gasteiger partial charge in [0.1, 0.15) is 35.6 Å². The Bertz CT molecular complexity index is 1620. The predicted octanol–water partition coefficient (Wildman–Crippen LogP) is 2.65. The third-order valence-corrected chi connectivity index (χ3v) is 9.09. The minimum Gasteiger partial charge on any atom is -0.777 e. The Morgan fingerprint density at radius 2 is 2.07 bits per heavy atom. The SMILES string of the molecule is CNC(=O)C1=C(Nc2nc(NC3(P(=O)([O-])O)CC=C(C)C=C3OC)ncc2C(F)(F)F)C=C(Cl)C[N+]1(CCCO)c1cn[nH]c1. The maximum atomic E-state index is 14.3. The molecule has 3 unspecified atom stereocenters. The zero-order chi connectivity index (χ0) is 33.2. The molecule has 3 atom stereocenters. The first-order chi connectivity index (χ1) is 21.1.